The van der Waals surface area contributed by atoms with Crippen LogP contribution >= 0.6 is 0 Å². The van der Waals surface area contributed by atoms with Crippen LogP contribution in [0.25, 0.3) is 0 Å². The molecule has 0 aromatic carbocycles. The summed E-state index contributed by atoms with van der Waals surface area (Å²) < 4.78 is 21.6. The van der Waals surface area contributed by atoms with Crippen LogP contribution in [0.3, 0.4) is 0 Å². The second-order valence-corrected chi connectivity index (χ2v) is 4.72. The van der Waals surface area contributed by atoms with Crippen molar-refractivity contribution in [2.45, 2.75) is 12.6 Å². The van der Waals surface area contributed by atoms with Gasteiger partial charge >= 0.3 is 0 Å². The fourth-order valence-corrected chi connectivity index (χ4v) is 1.86. The van der Waals surface area contributed by atoms with Gasteiger partial charge in [0.25, 0.3) is 5.99 Å². The van der Waals surface area contributed by atoms with Crippen molar-refractivity contribution in [1.29, 1.82) is 0 Å². The zero-order chi connectivity index (χ0) is 6.91. The van der Waals surface area contributed by atoms with Gasteiger partial charge in [0.2, 0.25) is 0 Å². The van der Waals surface area contributed by atoms with Crippen LogP contribution in [0.4, 0.5) is 0 Å². The van der Waals surface area contributed by atoms with Crippen molar-refractivity contribution in [2.75, 3.05) is 6.26 Å². The van der Waals surface area contributed by atoms with Gasteiger partial charge in [0, 0.05) is 6.26 Å². The van der Waals surface area contributed by atoms with Gasteiger partial charge in [-0.15, -0.1) is 0 Å². The number of hydrogen-bond acceptors (Lipinski definition) is 2. The standard InChI is InChI=1S/C5H9BO2S/c1-9(7,8)6-4-2-3-5-6/h2-3H,4-5H2,1H3. The fourth-order valence-electron chi connectivity index (χ4n) is 0.942. The SMILES string of the molecule is CS(=O)(=O)B1CC=CC1. The maximum absolute atomic E-state index is 10.8. The molecular weight excluding hydrogens is 135 g/mol. The van der Waals surface area contributed by atoms with Crippen molar-refractivity contribution in [1.82, 2.24) is 0 Å². The summed E-state index contributed by atoms with van der Waals surface area (Å²) in [5, 5.41) is 0. The summed E-state index contributed by atoms with van der Waals surface area (Å²) in [4.78, 5) is 0. The molecule has 4 heteroatoms. The summed E-state index contributed by atoms with van der Waals surface area (Å²) in [6.07, 6.45) is 6.56. The van der Waals surface area contributed by atoms with Crippen molar-refractivity contribution in [3.05, 3.63) is 12.2 Å². The molecule has 0 aliphatic carbocycles. The Balaban J connectivity index is 2.68. The highest BCUT2D eigenvalue weighted by Crippen LogP contribution is 2.14. The van der Waals surface area contributed by atoms with Crippen LogP contribution in [-0.2, 0) is 9.69 Å². The molecule has 1 aliphatic heterocycles. The van der Waals surface area contributed by atoms with Crippen LogP contribution < -0.4 is 0 Å². The van der Waals surface area contributed by atoms with E-state index in [1.807, 2.05) is 12.2 Å². The Morgan fingerprint density at radius 3 is 2.00 bits per heavy atom. The summed E-state index contributed by atoms with van der Waals surface area (Å²) in [5.41, 5.74) is 0. The lowest BCUT2D eigenvalue weighted by Crippen LogP contribution is -2.20. The average Bonchev–Trinajstić information content (AvgIpc) is 2.08. The zero-order valence-corrected chi connectivity index (χ0v) is 6.19. The van der Waals surface area contributed by atoms with Crippen molar-refractivity contribution >= 4 is 15.7 Å². The van der Waals surface area contributed by atoms with E-state index in [9.17, 15) is 8.42 Å². The van der Waals surface area contributed by atoms with E-state index in [0.29, 0.717) is 12.6 Å². The molecule has 0 fully saturated rings. The smallest absolute Gasteiger partial charge is 0.241 e. The van der Waals surface area contributed by atoms with Crippen LogP contribution in [0.15, 0.2) is 12.2 Å². The van der Waals surface area contributed by atoms with Crippen molar-refractivity contribution in [2.24, 2.45) is 0 Å². The minimum Gasteiger partial charge on any atom is -0.241 e. The third-order valence-electron chi connectivity index (χ3n) is 1.57. The Kier molecular flexibility index (Phi) is 1.66. The largest absolute Gasteiger partial charge is 0.298 e. The maximum atomic E-state index is 10.8. The Labute approximate surface area is 55.8 Å². The van der Waals surface area contributed by atoms with Gasteiger partial charge in [-0.25, -0.2) is 8.42 Å². The van der Waals surface area contributed by atoms with E-state index < -0.39 is 9.69 Å². The zero-order valence-electron chi connectivity index (χ0n) is 5.37. The maximum Gasteiger partial charge on any atom is 0.298 e. The number of hydrogen-bond donors (Lipinski definition) is 0. The quantitative estimate of drug-likeness (QED) is 0.398. The van der Waals surface area contributed by atoms with E-state index in [0.717, 1.165) is 0 Å². The summed E-state index contributed by atoms with van der Waals surface area (Å²) in [6, 6.07) is 0. The average molecular weight is 144 g/mol. The number of allylic oxidation sites excluding steroid dienone is 2. The first-order valence-electron chi connectivity index (χ1n) is 2.94. The first-order chi connectivity index (χ1) is 4.11. The molecule has 0 atom stereocenters. The molecule has 0 radical (unpaired) electrons. The van der Waals surface area contributed by atoms with Gasteiger partial charge < -0.3 is 0 Å². The van der Waals surface area contributed by atoms with E-state index in [1.54, 1.807) is 0 Å². The van der Waals surface area contributed by atoms with Gasteiger partial charge in [-0.1, -0.05) is 12.2 Å². The van der Waals surface area contributed by atoms with E-state index in [-0.39, 0.29) is 5.99 Å². The van der Waals surface area contributed by atoms with Gasteiger partial charge in [0.15, 0.2) is 0 Å². The molecule has 0 aromatic rings. The lowest BCUT2D eigenvalue weighted by molar-refractivity contribution is 0.613. The third kappa shape index (κ3) is 1.58. The first kappa shape index (κ1) is 6.87. The predicted molar refractivity (Wildman–Crippen MR) is 39.4 cm³/mol. The van der Waals surface area contributed by atoms with E-state index in [1.165, 1.54) is 6.26 Å². The highest BCUT2D eigenvalue weighted by atomic mass is 32.2. The monoisotopic (exact) mass is 144 g/mol. The highest BCUT2D eigenvalue weighted by molar-refractivity contribution is 8.18. The van der Waals surface area contributed by atoms with Crippen LogP contribution in [0, 0.1) is 0 Å². The molecule has 2 nitrogen and oxygen atoms in total. The highest BCUT2D eigenvalue weighted by Gasteiger charge is 2.26. The Bertz CT molecular complexity index is 209. The van der Waals surface area contributed by atoms with Crippen LogP contribution in [0.5, 0.6) is 0 Å². The van der Waals surface area contributed by atoms with Crippen molar-refractivity contribution in [3.8, 4) is 0 Å². The molecule has 0 bridgehead atoms. The molecule has 0 unspecified atom stereocenters. The second-order valence-electron chi connectivity index (χ2n) is 2.39. The van der Waals surface area contributed by atoms with Crippen LogP contribution in [-0.4, -0.2) is 20.7 Å². The normalized spacial score (nSPS) is 19.0. The predicted octanol–water partition coefficient (Wildman–Crippen LogP) is 0.592. The molecule has 1 aliphatic rings. The number of rotatable bonds is 1. The van der Waals surface area contributed by atoms with Crippen LogP contribution in [0.1, 0.15) is 0 Å². The Morgan fingerprint density at radius 1 is 1.33 bits per heavy atom. The van der Waals surface area contributed by atoms with E-state index in [4.69, 9.17) is 0 Å². The van der Waals surface area contributed by atoms with Gasteiger partial charge in [-0.3, -0.25) is 0 Å². The van der Waals surface area contributed by atoms with Crippen molar-refractivity contribution in [3.63, 3.8) is 0 Å². The lowest BCUT2D eigenvalue weighted by Gasteiger charge is -1.98. The summed E-state index contributed by atoms with van der Waals surface area (Å²) in [7, 11) is -2.77. The second kappa shape index (κ2) is 2.18. The molecule has 0 spiro atoms. The summed E-state index contributed by atoms with van der Waals surface area (Å²) in [5.74, 6) is -0.127. The topological polar surface area (TPSA) is 34.1 Å². The molecule has 0 amide bonds. The molecule has 0 saturated carbocycles. The molecule has 1 rings (SSSR count). The van der Waals surface area contributed by atoms with Crippen molar-refractivity contribution < 1.29 is 8.42 Å². The fraction of sp³-hybridized carbons (Fsp3) is 0.600. The first-order valence-corrected chi connectivity index (χ1v) is 4.90. The molecule has 0 aromatic heterocycles. The lowest BCUT2D eigenvalue weighted by atomic mass is 9.74. The van der Waals surface area contributed by atoms with E-state index >= 15 is 0 Å². The Hall–Kier alpha value is -0.245. The van der Waals surface area contributed by atoms with E-state index in [2.05, 4.69) is 0 Å². The third-order valence-corrected chi connectivity index (χ3v) is 3.17. The molecule has 0 saturated heterocycles. The molecular formula is C5H9BO2S. The summed E-state index contributed by atoms with van der Waals surface area (Å²) in [6.45, 7) is 0. The molecule has 50 valence electrons. The Morgan fingerprint density at radius 2 is 1.78 bits per heavy atom. The molecule has 1 heterocycles. The van der Waals surface area contributed by atoms with Gasteiger partial charge in [-0.05, 0) is 12.6 Å². The molecule has 0 N–H and O–H groups in total. The van der Waals surface area contributed by atoms with Gasteiger partial charge in [0.05, 0.1) is 0 Å². The minimum absolute atomic E-state index is 0.127. The minimum atomic E-state index is -2.77. The van der Waals surface area contributed by atoms with Gasteiger partial charge in [-0.2, -0.15) is 0 Å². The van der Waals surface area contributed by atoms with Gasteiger partial charge in [0.1, 0.15) is 9.69 Å². The van der Waals surface area contributed by atoms with Crippen LogP contribution in [0.2, 0.25) is 12.6 Å². The molecule has 9 heavy (non-hydrogen) atoms. The summed E-state index contributed by atoms with van der Waals surface area (Å²) >= 11 is 0.